The maximum Gasteiger partial charge on any atom is 0.416 e. The molecule has 4 rings (SSSR count). The number of halogens is 3. The summed E-state index contributed by atoms with van der Waals surface area (Å²) in [6.07, 6.45) is -1.33. The van der Waals surface area contributed by atoms with E-state index < -0.39 is 21.8 Å². The van der Waals surface area contributed by atoms with Crippen molar-refractivity contribution in [2.24, 2.45) is 0 Å². The van der Waals surface area contributed by atoms with Gasteiger partial charge in [-0.2, -0.15) is 17.5 Å². The average molecular weight is 420 g/mol. The summed E-state index contributed by atoms with van der Waals surface area (Å²) in [5, 5.41) is 0.547. The van der Waals surface area contributed by atoms with Crippen molar-refractivity contribution in [2.45, 2.75) is 43.4 Å². The number of fused-ring (bicyclic) bond motifs is 1. The Bertz CT molecular complexity index is 1150. The fourth-order valence-corrected chi connectivity index (χ4v) is 5.25. The Kier molecular flexibility index (Phi) is 4.86. The second-order valence-electron chi connectivity index (χ2n) is 7.26. The van der Waals surface area contributed by atoms with Gasteiger partial charge in [0.2, 0.25) is 10.0 Å². The van der Waals surface area contributed by atoms with Gasteiger partial charge in [-0.3, -0.25) is 4.98 Å². The zero-order chi connectivity index (χ0) is 20.8. The minimum Gasteiger partial charge on any atom is -0.256 e. The Labute approximate surface area is 167 Å². The van der Waals surface area contributed by atoms with Crippen molar-refractivity contribution in [3.8, 4) is 0 Å². The molecule has 0 unspecified atom stereocenters. The van der Waals surface area contributed by atoms with Crippen LogP contribution in [-0.4, -0.2) is 23.7 Å². The maximum absolute atomic E-state index is 13.5. The van der Waals surface area contributed by atoms with Gasteiger partial charge in [-0.15, -0.1) is 0 Å². The molecule has 1 aliphatic carbocycles. The summed E-state index contributed by atoms with van der Waals surface area (Å²) in [7, 11) is -3.85. The van der Waals surface area contributed by atoms with E-state index in [1.165, 1.54) is 16.4 Å². The normalized spacial score (nSPS) is 15.2. The number of alkyl halides is 3. The van der Waals surface area contributed by atoms with Gasteiger partial charge in [0.1, 0.15) is 0 Å². The van der Waals surface area contributed by atoms with E-state index in [0.29, 0.717) is 16.5 Å². The smallest absolute Gasteiger partial charge is 0.256 e. The number of nitrogens with zero attached hydrogens (tertiary/aromatic N) is 2. The van der Waals surface area contributed by atoms with Gasteiger partial charge < -0.3 is 0 Å². The molecule has 0 amide bonds. The van der Waals surface area contributed by atoms with Crippen molar-refractivity contribution in [2.75, 3.05) is 0 Å². The van der Waals surface area contributed by atoms with Crippen LogP contribution in [0.3, 0.4) is 0 Å². The molecule has 152 valence electrons. The van der Waals surface area contributed by atoms with Crippen molar-refractivity contribution in [3.63, 3.8) is 0 Å². The number of aromatic nitrogens is 1. The van der Waals surface area contributed by atoms with E-state index in [1.807, 2.05) is 6.92 Å². The summed E-state index contributed by atoms with van der Waals surface area (Å²) in [4.78, 5) is 4.47. The van der Waals surface area contributed by atoms with Gasteiger partial charge in [0.25, 0.3) is 0 Å². The zero-order valence-corrected chi connectivity index (χ0v) is 16.5. The third-order valence-corrected chi connectivity index (χ3v) is 7.05. The molecule has 4 nitrogen and oxygen atoms in total. The highest BCUT2D eigenvalue weighted by Gasteiger charge is 2.39. The lowest BCUT2D eigenvalue weighted by Crippen LogP contribution is -2.33. The molecule has 0 bridgehead atoms. The van der Waals surface area contributed by atoms with Gasteiger partial charge in [0.15, 0.2) is 0 Å². The zero-order valence-electron chi connectivity index (χ0n) is 15.6. The van der Waals surface area contributed by atoms with Gasteiger partial charge in [0, 0.05) is 24.2 Å². The van der Waals surface area contributed by atoms with Crippen LogP contribution in [0.4, 0.5) is 13.2 Å². The van der Waals surface area contributed by atoms with Crippen LogP contribution in [0.15, 0.2) is 59.6 Å². The van der Waals surface area contributed by atoms with Gasteiger partial charge >= 0.3 is 6.18 Å². The molecule has 2 aromatic carbocycles. The molecule has 0 atom stereocenters. The summed E-state index contributed by atoms with van der Waals surface area (Å²) in [5.74, 6) is 0. The lowest BCUT2D eigenvalue weighted by molar-refractivity contribution is -0.137. The van der Waals surface area contributed by atoms with E-state index in [1.54, 1.807) is 30.5 Å². The Morgan fingerprint density at radius 3 is 2.38 bits per heavy atom. The van der Waals surface area contributed by atoms with E-state index in [0.717, 1.165) is 30.5 Å². The summed E-state index contributed by atoms with van der Waals surface area (Å²) in [6.45, 7) is 1.90. The maximum atomic E-state index is 13.5. The first-order chi connectivity index (χ1) is 13.7. The summed E-state index contributed by atoms with van der Waals surface area (Å²) in [6, 6.07) is 11.2. The first-order valence-electron chi connectivity index (χ1n) is 9.20. The van der Waals surface area contributed by atoms with Crippen molar-refractivity contribution in [1.82, 2.24) is 9.29 Å². The van der Waals surface area contributed by atoms with Gasteiger partial charge in [-0.1, -0.05) is 18.2 Å². The third kappa shape index (κ3) is 3.86. The number of rotatable bonds is 5. The van der Waals surface area contributed by atoms with Crippen LogP contribution in [0.1, 0.15) is 29.5 Å². The molecule has 3 aromatic rings. The number of pyridine rings is 1. The van der Waals surface area contributed by atoms with Crippen molar-refractivity contribution in [3.05, 3.63) is 71.4 Å². The van der Waals surface area contributed by atoms with Gasteiger partial charge in [-0.05, 0) is 61.2 Å². The Hall–Kier alpha value is -2.45. The summed E-state index contributed by atoms with van der Waals surface area (Å²) >= 11 is 0. The van der Waals surface area contributed by atoms with Crippen LogP contribution in [0, 0.1) is 6.92 Å². The topological polar surface area (TPSA) is 50.3 Å². The fraction of sp³-hybridized carbons (Fsp3) is 0.286. The fourth-order valence-electron chi connectivity index (χ4n) is 3.39. The minimum atomic E-state index is -4.42. The van der Waals surface area contributed by atoms with E-state index >= 15 is 0 Å². The Morgan fingerprint density at radius 1 is 1.07 bits per heavy atom. The first kappa shape index (κ1) is 19.8. The highest BCUT2D eigenvalue weighted by molar-refractivity contribution is 7.89. The number of sulfonamides is 1. The van der Waals surface area contributed by atoms with Crippen LogP contribution in [0.5, 0.6) is 0 Å². The molecule has 1 fully saturated rings. The molecule has 0 radical (unpaired) electrons. The lowest BCUT2D eigenvalue weighted by atomic mass is 10.1. The van der Waals surface area contributed by atoms with E-state index in [4.69, 9.17) is 0 Å². The van der Waals surface area contributed by atoms with Crippen molar-refractivity contribution >= 4 is 20.9 Å². The molecular formula is C21H19F3N2O2S. The van der Waals surface area contributed by atoms with E-state index in [9.17, 15) is 21.6 Å². The molecule has 1 aromatic heterocycles. The van der Waals surface area contributed by atoms with E-state index in [2.05, 4.69) is 4.98 Å². The van der Waals surface area contributed by atoms with Gasteiger partial charge in [0.05, 0.1) is 16.0 Å². The second kappa shape index (κ2) is 7.11. The van der Waals surface area contributed by atoms with E-state index in [-0.39, 0.29) is 17.5 Å². The molecule has 0 saturated heterocycles. The molecule has 1 aliphatic rings. The molecule has 29 heavy (non-hydrogen) atoms. The van der Waals surface area contributed by atoms with Crippen LogP contribution >= 0.6 is 0 Å². The van der Waals surface area contributed by atoms with Crippen LogP contribution < -0.4 is 0 Å². The van der Waals surface area contributed by atoms with Crippen molar-refractivity contribution in [1.29, 1.82) is 0 Å². The highest BCUT2D eigenvalue weighted by atomic mass is 32.2. The summed E-state index contributed by atoms with van der Waals surface area (Å²) in [5.41, 5.74) is 1.26. The predicted octanol–water partition coefficient (Wildman–Crippen LogP) is 4.92. The number of benzene rings is 2. The molecule has 1 heterocycles. The van der Waals surface area contributed by atoms with Crippen LogP contribution in [0.2, 0.25) is 0 Å². The molecular weight excluding hydrogens is 401 g/mol. The second-order valence-corrected chi connectivity index (χ2v) is 9.12. The molecule has 8 heteroatoms. The molecule has 0 N–H and O–H groups in total. The van der Waals surface area contributed by atoms with Gasteiger partial charge in [-0.25, -0.2) is 8.42 Å². The van der Waals surface area contributed by atoms with Crippen LogP contribution in [-0.2, 0) is 22.7 Å². The SMILES string of the molecule is Cc1ccc(S(=O)(=O)N(Cc2ccc(C(F)(F)F)cc2)C2CC2)c2cccnc12. The highest BCUT2D eigenvalue weighted by Crippen LogP contribution is 2.36. The average Bonchev–Trinajstić information content (AvgIpc) is 3.51. The minimum absolute atomic E-state index is 0.0285. The standard InChI is InChI=1S/C21H19F3N2O2S/c1-14-4-11-19(18-3-2-12-25-20(14)18)29(27,28)26(17-9-10-17)13-15-5-7-16(8-6-15)21(22,23)24/h2-8,11-12,17H,9-10,13H2,1H3. The van der Waals surface area contributed by atoms with Crippen molar-refractivity contribution < 1.29 is 21.6 Å². The predicted molar refractivity (Wildman–Crippen MR) is 104 cm³/mol. The molecule has 0 spiro atoms. The number of hydrogen-bond donors (Lipinski definition) is 0. The van der Waals surface area contributed by atoms with Crippen LogP contribution in [0.25, 0.3) is 10.9 Å². The first-order valence-corrected chi connectivity index (χ1v) is 10.6. The Balaban J connectivity index is 1.72. The largest absolute Gasteiger partial charge is 0.416 e. The monoisotopic (exact) mass is 420 g/mol. The third-order valence-electron chi connectivity index (χ3n) is 5.09. The lowest BCUT2D eigenvalue weighted by Gasteiger charge is -2.23. The Morgan fingerprint density at radius 2 is 1.76 bits per heavy atom. The summed E-state index contributed by atoms with van der Waals surface area (Å²) < 4.78 is 66.8. The number of aryl methyl sites for hydroxylation is 1. The molecule has 0 aliphatic heterocycles. The molecule has 1 saturated carbocycles. The quantitative estimate of drug-likeness (QED) is 0.589. The number of hydrogen-bond acceptors (Lipinski definition) is 3.